The van der Waals surface area contributed by atoms with Gasteiger partial charge in [0.2, 0.25) is 5.91 Å². The Morgan fingerprint density at radius 3 is 1.17 bits per heavy atom. The number of carbonyl (C=O) groups is 2. The van der Waals surface area contributed by atoms with Gasteiger partial charge in [-0.3, -0.25) is 9.59 Å². The topological polar surface area (TPSA) is 175 Å². The second kappa shape index (κ2) is 69.5. The number of unbranched alkanes of at least 4 members (excludes halogenated alkanes) is 45. The smallest absolute Gasteiger partial charge is 0.305 e. The molecular weight excluding hydrogens is 1150 g/mol. The summed E-state index contributed by atoms with van der Waals surface area (Å²) >= 11 is 0. The average Bonchev–Trinajstić information content (AvgIpc) is 1.02. The first-order valence-corrected chi connectivity index (χ1v) is 39.2. The molecule has 11 nitrogen and oxygen atoms in total. The molecule has 7 atom stereocenters. The van der Waals surface area contributed by atoms with E-state index in [0.29, 0.717) is 19.4 Å². The molecule has 0 aliphatic carbocycles. The van der Waals surface area contributed by atoms with E-state index in [1.807, 2.05) is 6.08 Å². The van der Waals surface area contributed by atoms with Crippen LogP contribution in [-0.2, 0) is 23.8 Å². The molecule has 1 heterocycles. The maximum Gasteiger partial charge on any atom is 0.305 e. The summed E-state index contributed by atoms with van der Waals surface area (Å²) in [6.45, 7) is 4.29. The number of nitrogens with one attached hydrogen (secondary N) is 1. The van der Waals surface area contributed by atoms with Gasteiger partial charge in [-0.1, -0.05) is 324 Å². The van der Waals surface area contributed by atoms with Gasteiger partial charge in [0, 0.05) is 12.8 Å². The van der Waals surface area contributed by atoms with Crippen LogP contribution in [0.1, 0.15) is 367 Å². The van der Waals surface area contributed by atoms with Crippen LogP contribution in [0.25, 0.3) is 0 Å². The fourth-order valence-electron chi connectivity index (χ4n) is 12.1. The Balaban J connectivity index is 1.89. The van der Waals surface area contributed by atoms with Crippen molar-refractivity contribution in [1.29, 1.82) is 0 Å². The van der Waals surface area contributed by atoms with E-state index in [1.165, 1.54) is 270 Å². The Kier molecular flexibility index (Phi) is 65.8. The van der Waals surface area contributed by atoms with Gasteiger partial charge in [0.1, 0.15) is 24.4 Å². The standard InChI is InChI=1S/C81H147NO10/c1-3-5-7-9-11-13-15-16-45-49-53-57-61-65-69-77(86)90-70-66-62-58-54-50-46-43-41-39-37-35-33-31-29-27-25-23-21-19-17-18-20-22-24-26-28-30-32-34-36-38-40-42-44-48-52-56-60-64-68-76(85)82-73(72-91-81-80(89)79(88)78(87)75(71-83)92-81)74(84)67-63-59-55-51-47-14-12-10-8-6-4-2/h9,11,15-18,21,23,47,51,63,67,73-75,78-81,83-84,87-89H,3-8,10,12-14,19-20,22,24-46,48-50,52-62,64-66,68-72H2,1-2H3,(H,82,85)/b11-9-,16-15-,18-17-,23-21-,51-47+,67-63+. The lowest BCUT2D eigenvalue weighted by molar-refractivity contribution is -0.302. The summed E-state index contributed by atoms with van der Waals surface area (Å²) < 4.78 is 16.7. The summed E-state index contributed by atoms with van der Waals surface area (Å²) in [6, 6.07) is -0.826. The number of allylic oxidation sites excluding steroid dienone is 11. The van der Waals surface area contributed by atoms with Crippen molar-refractivity contribution in [2.24, 2.45) is 0 Å². The summed E-state index contributed by atoms with van der Waals surface area (Å²) in [5.74, 6) is -0.190. The molecule has 1 saturated heterocycles. The molecule has 0 aromatic carbocycles. The Morgan fingerprint density at radius 2 is 0.750 bits per heavy atom. The maximum atomic E-state index is 13.1. The molecule has 1 fully saturated rings. The van der Waals surface area contributed by atoms with Crippen molar-refractivity contribution < 1.29 is 49.3 Å². The molecule has 0 spiro atoms. The lowest BCUT2D eigenvalue weighted by Gasteiger charge is -2.40. The summed E-state index contributed by atoms with van der Waals surface area (Å²) in [7, 11) is 0. The van der Waals surface area contributed by atoms with Gasteiger partial charge in [-0.15, -0.1) is 0 Å². The first-order chi connectivity index (χ1) is 45.2. The minimum atomic E-state index is -1.58. The number of carbonyl (C=O) groups excluding carboxylic acids is 2. The molecule has 0 saturated carbocycles. The highest BCUT2D eigenvalue weighted by Gasteiger charge is 2.44. The third-order valence-corrected chi connectivity index (χ3v) is 18.3. The SMILES string of the molecule is CCCC/C=C\C/C=C\CCCCCCCC(=O)OCCCCCCCCCCCCCCCCC/C=C\C/C=C\CCCCCCCCCCCCCCCCCCCC(=O)NC(COC1OC(CO)C(O)C(O)C1O)C(O)/C=C/CC/C=C/CCCCCCC. The number of ether oxygens (including phenoxy) is 3. The van der Waals surface area contributed by atoms with E-state index in [4.69, 9.17) is 14.2 Å². The number of aliphatic hydroxyl groups is 5. The molecular formula is C81H147NO10. The van der Waals surface area contributed by atoms with Crippen LogP contribution in [0, 0.1) is 0 Å². The first kappa shape index (κ1) is 87.1. The fourth-order valence-corrected chi connectivity index (χ4v) is 12.1. The molecule has 536 valence electrons. The number of aliphatic hydroxyl groups excluding tert-OH is 5. The van der Waals surface area contributed by atoms with Crippen LogP contribution >= 0.6 is 0 Å². The summed E-state index contributed by atoms with van der Waals surface area (Å²) in [5.41, 5.74) is 0. The van der Waals surface area contributed by atoms with Crippen molar-refractivity contribution in [3.63, 3.8) is 0 Å². The van der Waals surface area contributed by atoms with E-state index in [9.17, 15) is 35.1 Å². The Labute approximate surface area is 566 Å². The van der Waals surface area contributed by atoms with Crippen molar-refractivity contribution in [2.45, 2.75) is 410 Å². The van der Waals surface area contributed by atoms with Gasteiger partial charge in [-0.2, -0.15) is 0 Å². The summed E-state index contributed by atoms with van der Waals surface area (Å²) in [6.07, 6.45) is 85.1. The molecule has 0 aromatic heterocycles. The van der Waals surface area contributed by atoms with Gasteiger partial charge in [-0.25, -0.2) is 0 Å². The minimum absolute atomic E-state index is 0.000457. The number of hydrogen-bond donors (Lipinski definition) is 6. The molecule has 6 N–H and O–H groups in total. The van der Waals surface area contributed by atoms with E-state index in [1.54, 1.807) is 6.08 Å². The highest BCUT2D eigenvalue weighted by molar-refractivity contribution is 5.76. The van der Waals surface area contributed by atoms with Gasteiger partial charge in [0.15, 0.2) is 6.29 Å². The fraction of sp³-hybridized carbons (Fsp3) is 0.827. The molecule has 1 amide bonds. The highest BCUT2D eigenvalue weighted by atomic mass is 16.7. The zero-order valence-electron chi connectivity index (χ0n) is 59.8. The molecule has 1 aliphatic rings. The van der Waals surface area contributed by atoms with E-state index in [0.717, 1.165) is 70.6 Å². The molecule has 7 unspecified atom stereocenters. The van der Waals surface area contributed by atoms with Crippen LogP contribution in [0.4, 0.5) is 0 Å². The van der Waals surface area contributed by atoms with E-state index in [-0.39, 0.29) is 18.5 Å². The predicted octanol–water partition coefficient (Wildman–Crippen LogP) is 21.0. The zero-order valence-corrected chi connectivity index (χ0v) is 59.8. The molecule has 1 aliphatic heterocycles. The third kappa shape index (κ3) is 57.4. The quantitative estimate of drug-likeness (QED) is 0.0195. The summed E-state index contributed by atoms with van der Waals surface area (Å²) in [4.78, 5) is 25.1. The van der Waals surface area contributed by atoms with Gasteiger partial charge < -0.3 is 45.1 Å². The highest BCUT2D eigenvalue weighted by Crippen LogP contribution is 2.23. The molecule has 92 heavy (non-hydrogen) atoms. The molecule has 11 heteroatoms. The summed E-state index contributed by atoms with van der Waals surface area (Å²) in [5, 5.41) is 54.4. The van der Waals surface area contributed by atoms with Crippen LogP contribution in [-0.4, -0.2) is 100 Å². The van der Waals surface area contributed by atoms with Gasteiger partial charge in [-0.05, 0) is 103 Å². The lowest BCUT2D eigenvalue weighted by atomic mass is 9.99. The van der Waals surface area contributed by atoms with Crippen molar-refractivity contribution in [3.05, 3.63) is 72.9 Å². The molecule has 1 rings (SSSR count). The molecule has 0 radical (unpaired) electrons. The number of hydrogen-bond acceptors (Lipinski definition) is 10. The normalized spacial score (nSPS) is 17.9. The van der Waals surface area contributed by atoms with Gasteiger partial charge in [0.25, 0.3) is 0 Å². The zero-order chi connectivity index (χ0) is 66.5. The van der Waals surface area contributed by atoms with Crippen LogP contribution in [0.2, 0.25) is 0 Å². The van der Waals surface area contributed by atoms with Crippen molar-refractivity contribution in [3.8, 4) is 0 Å². The van der Waals surface area contributed by atoms with Crippen LogP contribution in [0.3, 0.4) is 0 Å². The number of rotatable bonds is 69. The minimum Gasteiger partial charge on any atom is -0.466 e. The number of amides is 1. The average molecular weight is 1300 g/mol. The Morgan fingerprint density at radius 1 is 0.402 bits per heavy atom. The van der Waals surface area contributed by atoms with E-state index >= 15 is 0 Å². The first-order valence-electron chi connectivity index (χ1n) is 39.2. The maximum absolute atomic E-state index is 13.1. The molecule has 0 aromatic rings. The third-order valence-electron chi connectivity index (χ3n) is 18.3. The molecule has 0 bridgehead atoms. The van der Waals surface area contributed by atoms with Crippen LogP contribution in [0.5, 0.6) is 0 Å². The Bertz CT molecular complexity index is 1760. The van der Waals surface area contributed by atoms with E-state index < -0.39 is 49.5 Å². The van der Waals surface area contributed by atoms with Crippen molar-refractivity contribution in [1.82, 2.24) is 5.32 Å². The van der Waals surface area contributed by atoms with E-state index in [2.05, 4.69) is 79.9 Å². The second-order valence-electron chi connectivity index (χ2n) is 27.0. The second-order valence-corrected chi connectivity index (χ2v) is 27.0. The predicted molar refractivity (Wildman–Crippen MR) is 389 cm³/mol. The van der Waals surface area contributed by atoms with Crippen LogP contribution in [0.15, 0.2) is 72.9 Å². The van der Waals surface area contributed by atoms with Crippen molar-refractivity contribution in [2.75, 3.05) is 19.8 Å². The lowest BCUT2D eigenvalue weighted by Crippen LogP contribution is -2.60. The largest absolute Gasteiger partial charge is 0.466 e. The van der Waals surface area contributed by atoms with Gasteiger partial charge in [0.05, 0.1) is 32.0 Å². The number of esters is 1. The van der Waals surface area contributed by atoms with Gasteiger partial charge >= 0.3 is 5.97 Å². The Hall–Kier alpha value is -2.90. The van der Waals surface area contributed by atoms with Crippen molar-refractivity contribution >= 4 is 11.9 Å². The van der Waals surface area contributed by atoms with Crippen LogP contribution < -0.4 is 5.32 Å². The monoisotopic (exact) mass is 1290 g/mol.